The summed E-state index contributed by atoms with van der Waals surface area (Å²) in [5.74, 6) is -0.644. The number of fused-ring (bicyclic) bond motifs is 9. The molecular weight excluding hydrogens is 578 g/mol. The minimum Gasteiger partial charge on any atom is -0.434 e. The van der Waals surface area contributed by atoms with E-state index in [-0.39, 0.29) is 29.3 Å². The molecule has 2 aromatic heterocycles. The number of carbonyl (C=O) groups excluding carboxylic acids is 1. The molecule has 4 heterocycles. The summed E-state index contributed by atoms with van der Waals surface area (Å²) in [4.78, 5) is 35.9. The molecule has 0 fully saturated rings. The zero-order chi connectivity index (χ0) is 30.0. The van der Waals surface area contributed by atoms with Gasteiger partial charge in [0.15, 0.2) is 5.82 Å². The van der Waals surface area contributed by atoms with Gasteiger partial charge >= 0.3 is 14.4 Å². The van der Waals surface area contributed by atoms with Crippen molar-refractivity contribution in [3.8, 4) is 16.9 Å². The zero-order valence-corrected chi connectivity index (χ0v) is 23.4. The first-order valence-corrected chi connectivity index (χ1v) is 14.5. The Balaban J connectivity index is 1.42. The Morgan fingerprint density at radius 3 is 2.64 bits per heavy atom. The number of hydrogen-bond donors (Lipinski definition) is 2. The monoisotopic (exact) mass is 603 g/mol. The van der Waals surface area contributed by atoms with Gasteiger partial charge in [0.05, 0.1) is 29.7 Å². The number of imidazole rings is 1. The summed E-state index contributed by atoms with van der Waals surface area (Å²) in [6, 6.07) is 6.09. The lowest BCUT2D eigenvalue weighted by molar-refractivity contribution is -0.0507. The Morgan fingerprint density at radius 2 is 1.95 bits per heavy atom. The van der Waals surface area contributed by atoms with Crippen LogP contribution in [0.1, 0.15) is 66.8 Å². The Bertz CT molecular complexity index is 1760. The molecular formula is C27H25F3N5O6P. The van der Waals surface area contributed by atoms with Crippen LogP contribution in [-0.4, -0.2) is 43.5 Å². The van der Waals surface area contributed by atoms with Crippen LogP contribution in [-0.2, 0) is 19.2 Å². The molecule has 42 heavy (non-hydrogen) atoms. The Labute approximate surface area is 237 Å². The van der Waals surface area contributed by atoms with Gasteiger partial charge in [0.25, 0.3) is 5.91 Å². The molecule has 0 spiro atoms. The van der Waals surface area contributed by atoms with Crippen molar-refractivity contribution in [2.24, 2.45) is 0 Å². The number of hydrogen-bond acceptors (Lipinski definition) is 8. The van der Waals surface area contributed by atoms with Crippen molar-refractivity contribution in [1.82, 2.24) is 24.8 Å². The van der Waals surface area contributed by atoms with Gasteiger partial charge in [0, 0.05) is 40.7 Å². The SMILES string of the molecule is CCOP(=O)(O)OC(C)(C)c1ncc(-c2cc3c(cc2F)nc2n3[C@H]3C[C@H]2NC(=O)c2cccc(OC(F)F)c23)cn1. The van der Waals surface area contributed by atoms with Gasteiger partial charge in [0.2, 0.25) is 0 Å². The molecule has 2 aliphatic rings. The largest absolute Gasteiger partial charge is 0.473 e. The maximum atomic E-state index is 15.4. The number of aromatic nitrogens is 4. The lowest BCUT2D eigenvalue weighted by atomic mass is 9.97. The van der Waals surface area contributed by atoms with Gasteiger partial charge in [-0.05, 0) is 45.4 Å². The fraction of sp³-hybridized carbons (Fsp3) is 0.333. The van der Waals surface area contributed by atoms with Crippen LogP contribution in [0.15, 0.2) is 42.7 Å². The van der Waals surface area contributed by atoms with Gasteiger partial charge in [-0.1, -0.05) is 6.07 Å². The number of rotatable bonds is 8. The molecule has 4 aromatic rings. The van der Waals surface area contributed by atoms with E-state index in [4.69, 9.17) is 13.8 Å². The predicted molar refractivity (Wildman–Crippen MR) is 142 cm³/mol. The van der Waals surface area contributed by atoms with Crippen LogP contribution in [0.4, 0.5) is 13.2 Å². The highest BCUT2D eigenvalue weighted by Crippen LogP contribution is 2.50. The smallest absolute Gasteiger partial charge is 0.434 e. The van der Waals surface area contributed by atoms with Gasteiger partial charge < -0.3 is 19.5 Å². The maximum Gasteiger partial charge on any atom is 0.473 e. The molecule has 2 aromatic carbocycles. The van der Waals surface area contributed by atoms with E-state index >= 15 is 4.39 Å². The molecule has 1 unspecified atom stereocenters. The Kier molecular flexibility index (Phi) is 6.84. The van der Waals surface area contributed by atoms with E-state index in [1.54, 1.807) is 23.6 Å². The van der Waals surface area contributed by atoms with Crippen molar-refractivity contribution in [1.29, 1.82) is 0 Å². The average molecular weight is 603 g/mol. The quantitative estimate of drug-likeness (QED) is 0.254. The molecule has 0 saturated carbocycles. The van der Waals surface area contributed by atoms with Crippen molar-refractivity contribution in [3.05, 3.63) is 71.3 Å². The molecule has 0 saturated heterocycles. The van der Waals surface area contributed by atoms with Crippen LogP contribution >= 0.6 is 7.82 Å². The molecule has 3 atom stereocenters. The molecule has 220 valence electrons. The first-order chi connectivity index (χ1) is 19.9. The minimum atomic E-state index is -4.36. The van der Waals surface area contributed by atoms with E-state index < -0.39 is 43.8 Å². The molecule has 0 radical (unpaired) electrons. The topological polar surface area (TPSA) is 138 Å². The summed E-state index contributed by atoms with van der Waals surface area (Å²) in [5, 5.41) is 2.89. The number of amides is 1. The number of halogens is 3. The van der Waals surface area contributed by atoms with Gasteiger partial charge in [-0.2, -0.15) is 8.78 Å². The zero-order valence-electron chi connectivity index (χ0n) is 22.5. The highest BCUT2D eigenvalue weighted by Gasteiger charge is 2.42. The lowest BCUT2D eigenvalue weighted by Crippen LogP contribution is -2.28. The molecule has 2 bridgehead atoms. The number of alkyl halides is 2. The summed E-state index contributed by atoms with van der Waals surface area (Å²) in [6.45, 7) is 1.40. The molecule has 11 nitrogen and oxygen atoms in total. The van der Waals surface area contributed by atoms with Crippen LogP contribution in [0.5, 0.6) is 5.75 Å². The average Bonchev–Trinajstić information content (AvgIpc) is 3.38. The first kappa shape index (κ1) is 28.3. The van der Waals surface area contributed by atoms with Gasteiger partial charge in [-0.3, -0.25) is 13.8 Å². The summed E-state index contributed by atoms with van der Waals surface area (Å²) in [6.07, 6.45) is 3.06. The van der Waals surface area contributed by atoms with Crippen molar-refractivity contribution >= 4 is 24.8 Å². The van der Waals surface area contributed by atoms with Crippen LogP contribution in [0.2, 0.25) is 0 Å². The number of phosphoric ester groups is 1. The third-order valence-electron chi connectivity index (χ3n) is 7.19. The second-order valence-corrected chi connectivity index (χ2v) is 11.7. The number of ether oxygens (including phenoxy) is 1. The van der Waals surface area contributed by atoms with Crippen molar-refractivity contribution in [3.63, 3.8) is 0 Å². The number of nitrogens with zero attached hydrogens (tertiary/aromatic N) is 4. The van der Waals surface area contributed by atoms with E-state index in [1.165, 1.54) is 44.4 Å². The molecule has 2 aliphatic heterocycles. The Hall–Kier alpha value is -3.84. The van der Waals surface area contributed by atoms with E-state index in [0.29, 0.717) is 34.4 Å². The predicted octanol–water partition coefficient (Wildman–Crippen LogP) is 5.40. The third-order valence-corrected chi connectivity index (χ3v) is 8.46. The summed E-state index contributed by atoms with van der Waals surface area (Å²) in [5.41, 5.74) is 0.360. The number of phosphoric acid groups is 1. The van der Waals surface area contributed by atoms with Crippen molar-refractivity contribution in [2.75, 3.05) is 6.61 Å². The molecule has 15 heteroatoms. The highest BCUT2D eigenvalue weighted by molar-refractivity contribution is 7.47. The van der Waals surface area contributed by atoms with Crippen LogP contribution in [0.3, 0.4) is 0 Å². The minimum absolute atomic E-state index is 0.0379. The van der Waals surface area contributed by atoms with Crippen molar-refractivity contribution < 1.29 is 41.2 Å². The van der Waals surface area contributed by atoms with Crippen LogP contribution in [0, 0.1) is 5.82 Å². The van der Waals surface area contributed by atoms with Crippen LogP contribution in [0.25, 0.3) is 22.2 Å². The maximum absolute atomic E-state index is 15.4. The van der Waals surface area contributed by atoms with Crippen LogP contribution < -0.4 is 10.1 Å². The second-order valence-electron chi connectivity index (χ2n) is 10.3. The molecule has 0 aliphatic carbocycles. The van der Waals surface area contributed by atoms with Gasteiger partial charge in [0.1, 0.15) is 23.0 Å². The van der Waals surface area contributed by atoms with Gasteiger partial charge in [-0.25, -0.2) is 23.9 Å². The molecule has 6 rings (SSSR count). The molecule has 1 amide bonds. The van der Waals surface area contributed by atoms with Gasteiger partial charge in [-0.15, -0.1) is 0 Å². The number of carbonyl (C=O) groups is 1. The summed E-state index contributed by atoms with van der Waals surface area (Å²) >= 11 is 0. The number of benzene rings is 2. The fourth-order valence-corrected chi connectivity index (χ4v) is 6.59. The van der Waals surface area contributed by atoms with E-state index in [1.807, 2.05) is 0 Å². The number of nitrogens with one attached hydrogen (secondary N) is 1. The Morgan fingerprint density at radius 1 is 1.21 bits per heavy atom. The molecule has 2 N–H and O–H groups in total. The van der Waals surface area contributed by atoms with E-state index in [2.05, 4.69) is 20.3 Å². The fourth-order valence-electron chi connectivity index (χ4n) is 5.55. The summed E-state index contributed by atoms with van der Waals surface area (Å²) in [7, 11) is -4.36. The van der Waals surface area contributed by atoms with Crippen molar-refractivity contribution in [2.45, 2.75) is 51.5 Å². The lowest BCUT2D eigenvalue weighted by Gasteiger charge is -2.25. The standard InChI is InChI=1S/C27H25F3N5O6P/c1-4-39-42(37,38)41-27(2,3)25-31-11-13(12-32-25)15-8-19-17(9-16(15)28)33-23-18-10-20(35(19)23)22-14(24(36)34-18)6-5-7-21(22)40-26(29)30/h5-9,11-12,18,20,26H,4,10H2,1-3H3,(H,34,36)(H,37,38)/t18-,20+/m1/s1. The normalized spacial score (nSPS) is 19.3. The third kappa shape index (κ3) is 4.83. The second kappa shape index (κ2) is 10.2. The first-order valence-electron chi connectivity index (χ1n) is 13.0. The van der Waals surface area contributed by atoms with E-state index in [9.17, 15) is 23.0 Å². The van der Waals surface area contributed by atoms with E-state index in [0.717, 1.165) is 0 Å². The summed E-state index contributed by atoms with van der Waals surface area (Å²) < 4.78 is 70.7. The highest BCUT2D eigenvalue weighted by atomic mass is 31.2.